The van der Waals surface area contributed by atoms with Gasteiger partial charge in [-0.15, -0.1) is 0 Å². The van der Waals surface area contributed by atoms with E-state index in [0.29, 0.717) is 21.8 Å². The number of aryl methyl sites for hydroxylation is 1. The molecule has 2 heterocycles. The molecule has 1 aliphatic rings. The Labute approximate surface area is 198 Å². The number of para-hydroxylation sites is 2. The van der Waals surface area contributed by atoms with E-state index in [2.05, 4.69) is 34.1 Å². The van der Waals surface area contributed by atoms with Crippen LogP contribution in [-0.2, 0) is 6.54 Å². The Kier molecular flexibility index (Phi) is 6.35. The van der Waals surface area contributed by atoms with Crippen LogP contribution < -0.4 is 10.1 Å². The van der Waals surface area contributed by atoms with Crippen molar-refractivity contribution in [1.29, 1.82) is 0 Å². The number of hydrogen-bond donors (Lipinski definition) is 1. The number of imidazole rings is 1. The number of fused-ring (bicyclic) bond motifs is 1. The van der Waals surface area contributed by atoms with Gasteiger partial charge in [0.05, 0.1) is 21.1 Å². The first-order valence-electron chi connectivity index (χ1n) is 11.1. The SMILES string of the molecule is Clc1ccc(Oc2cccc(-c3nc4ccccc4n3CCC3CCCCN3)c2)cc1Cl. The minimum atomic E-state index is 0.471. The molecule has 0 aliphatic carbocycles. The Morgan fingerprint density at radius 2 is 1.81 bits per heavy atom. The normalized spacial score (nSPS) is 16.4. The Balaban J connectivity index is 1.45. The summed E-state index contributed by atoms with van der Waals surface area (Å²) in [7, 11) is 0. The Morgan fingerprint density at radius 1 is 0.938 bits per heavy atom. The lowest BCUT2D eigenvalue weighted by Crippen LogP contribution is -2.34. The summed E-state index contributed by atoms with van der Waals surface area (Å²) in [4.78, 5) is 4.97. The summed E-state index contributed by atoms with van der Waals surface area (Å²) in [5, 5.41) is 4.64. The monoisotopic (exact) mass is 465 g/mol. The van der Waals surface area contributed by atoms with E-state index in [0.717, 1.165) is 47.7 Å². The molecule has 0 spiro atoms. The topological polar surface area (TPSA) is 39.1 Å². The van der Waals surface area contributed by atoms with Crippen LogP contribution >= 0.6 is 23.2 Å². The van der Waals surface area contributed by atoms with E-state index < -0.39 is 0 Å². The van der Waals surface area contributed by atoms with Crippen LogP contribution in [0.1, 0.15) is 25.7 Å². The van der Waals surface area contributed by atoms with Crippen molar-refractivity contribution in [1.82, 2.24) is 14.9 Å². The number of nitrogens with zero attached hydrogens (tertiary/aromatic N) is 2. The second-order valence-electron chi connectivity index (χ2n) is 8.22. The summed E-state index contributed by atoms with van der Waals surface area (Å²) in [6.45, 7) is 2.04. The first-order chi connectivity index (χ1) is 15.7. The quantitative estimate of drug-likeness (QED) is 0.323. The number of hydrogen-bond acceptors (Lipinski definition) is 3. The number of benzene rings is 3. The van der Waals surface area contributed by atoms with Crippen LogP contribution in [0.4, 0.5) is 0 Å². The van der Waals surface area contributed by atoms with Gasteiger partial charge in [0.1, 0.15) is 17.3 Å². The summed E-state index contributed by atoms with van der Waals surface area (Å²) >= 11 is 12.2. The molecule has 1 aromatic heterocycles. The van der Waals surface area contributed by atoms with Gasteiger partial charge in [0, 0.05) is 24.2 Å². The number of ether oxygens (including phenoxy) is 1. The minimum absolute atomic E-state index is 0.471. The van der Waals surface area contributed by atoms with Crippen LogP contribution in [0.3, 0.4) is 0 Å². The van der Waals surface area contributed by atoms with E-state index in [4.69, 9.17) is 32.9 Å². The molecule has 0 bridgehead atoms. The summed E-state index contributed by atoms with van der Waals surface area (Å²) in [5.41, 5.74) is 3.19. The lowest BCUT2D eigenvalue weighted by molar-refractivity contribution is 0.368. The molecule has 0 saturated carbocycles. The Bertz CT molecular complexity index is 1230. The number of aromatic nitrogens is 2. The molecule has 1 atom stereocenters. The van der Waals surface area contributed by atoms with Crippen LogP contribution in [0.25, 0.3) is 22.4 Å². The minimum Gasteiger partial charge on any atom is -0.457 e. The molecular formula is C26H25Cl2N3O. The maximum atomic E-state index is 6.14. The molecule has 1 fully saturated rings. The maximum Gasteiger partial charge on any atom is 0.141 e. The van der Waals surface area contributed by atoms with Gasteiger partial charge in [0.2, 0.25) is 0 Å². The van der Waals surface area contributed by atoms with Gasteiger partial charge in [-0.25, -0.2) is 4.98 Å². The summed E-state index contributed by atoms with van der Waals surface area (Å²) < 4.78 is 8.39. The van der Waals surface area contributed by atoms with Crippen LogP contribution in [0.15, 0.2) is 66.7 Å². The lowest BCUT2D eigenvalue weighted by Gasteiger charge is -2.24. The molecule has 0 amide bonds. The van der Waals surface area contributed by atoms with Crippen molar-refractivity contribution in [3.05, 3.63) is 76.8 Å². The highest BCUT2D eigenvalue weighted by molar-refractivity contribution is 6.42. The summed E-state index contributed by atoms with van der Waals surface area (Å²) in [6, 6.07) is 22.2. The van der Waals surface area contributed by atoms with Gasteiger partial charge in [-0.2, -0.15) is 0 Å². The molecule has 6 heteroatoms. The van der Waals surface area contributed by atoms with Gasteiger partial charge in [-0.1, -0.05) is 53.9 Å². The van der Waals surface area contributed by atoms with E-state index >= 15 is 0 Å². The van der Waals surface area contributed by atoms with Crippen molar-refractivity contribution in [2.45, 2.75) is 38.3 Å². The average molecular weight is 466 g/mol. The highest BCUT2D eigenvalue weighted by Gasteiger charge is 2.17. The molecule has 1 saturated heterocycles. The fourth-order valence-electron chi connectivity index (χ4n) is 4.35. The number of piperidine rings is 1. The van der Waals surface area contributed by atoms with E-state index in [1.165, 1.54) is 19.3 Å². The third-order valence-corrected chi connectivity index (χ3v) is 6.73. The van der Waals surface area contributed by atoms with Gasteiger partial charge in [0.15, 0.2) is 0 Å². The zero-order valence-electron chi connectivity index (χ0n) is 17.7. The molecule has 4 aromatic rings. The summed E-state index contributed by atoms with van der Waals surface area (Å²) in [5.74, 6) is 2.34. The van der Waals surface area contributed by atoms with Gasteiger partial charge in [-0.05, 0) is 62.2 Å². The fraction of sp³-hybridized carbons (Fsp3) is 0.269. The number of nitrogens with one attached hydrogen (secondary N) is 1. The zero-order valence-corrected chi connectivity index (χ0v) is 19.2. The lowest BCUT2D eigenvalue weighted by atomic mass is 10.0. The highest BCUT2D eigenvalue weighted by atomic mass is 35.5. The molecule has 0 radical (unpaired) electrons. The van der Waals surface area contributed by atoms with Gasteiger partial charge in [0.25, 0.3) is 0 Å². The molecule has 164 valence electrons. The predicted octanol–water partition coefficient (Wildman–Crippen LogP) is 7.33. The third kappa shape index (κ3) is 4.63. The van der Waals surface area contributed by atoms with Gasteiger partial charge < -0.3 is 14.6 Å². The second-order valence-corrected chi connectivity index (χ2v) is 9.03. The average Bonchev–Trinajstić information content (AvgIpc) is 3.20. The number of halogens is 2. The van der Waals surface area contributed by atoms with Crippen LogP contribution in [0, 0.1) is 0 Å². The second kappa shape index (κ2) is 9.53. The maximum absolute atomic E-state index is 6.14. The smallest absolute Gasteiger partial charge is 0.141 e. The molecule has 1 N–H and O–H groups in total. The van der Waals surface area contributed by atoms with E-state index in [-0.39, 0.29) is 0 Å². The largest absolute Gasteiger partial charge is 0.457 e. The van der Waals surface area contributed by atoms with Crippen molar-refractivity contribution < 1.29 is 4.74 Å². The number of rotatable bonds is 6. The van der Waals surface area contributed by atoms with Crippen molar-refractivity contribution >= 4 is 34.2 Å². The first kappa shape index (κ1) is 21.3. The van der Waals surface area contributed by atoms with Crippen molar-refractivity contribution in [2.75, 3.05) is 6.54 Å². The standard InChI is InChI=1S/C26H25Cl2N3O/c27-22-12-11-21(17-23(22)28)32-20-8-5-6-18(16-20)26-30-24-9-1-2-10-25(24)31(26)15-13-19-7-3-4-14-29-19/h1-2,5-6,8-12,16-17,19,29H,3-4,7,13-15H2. The molecule has 1 aliphatic heterocycles. The molecular weight excluding hydrogens is 441 g/mol. The molecule has 32 heavy (non-hydrogen) atoms. The summed E-state index contributed by atoms with van der Waals surface area (Å²) in [6.07, 6.45) is 4.92. The van der Waals surface area contributed by atoms with Crippen molar-refractivity contribution in [3.63, 3.8) is 0 Å². The highest BCUT2D eigenvalue weighted by Crippen LogP contribution is 2.32. The Hall–Kier alpha value is -2.53. The zero-order chi connectivity index (χ0) is 21.9. The predicted molar refractivity (Wildman–Crippen MR) is 132 cm³/mol. The van der Waals surface area contributed by atoms with Crippen LogP contribution in [0.5, 0.6) is 11.5 Å². The van der Waals surface area contributed by atoms with E-state index in [1.807, 2.05) is 30.3 Å². The fourth-order valence-corrected chi connectivity index (χ4v) is 4.64. The Morgan fingerprint density at radius 3 is 2.66 bits per heavy atom. The van der Waals surface area contributed by atoms with E-state index in [1.54, 1.807) is 12.1 Å². The van der Waals surface area contributed by atoms with Crippen LogP contribution in [0.2, 0.25) is 10.0 Å². The van der Waals surface area contributed by atoms with Gasteiger partial charge >= 0.3 is 0 Å². The van der Waals surface area contributed by atoms with Gasteiger partial charge in [-0.3, -0.25) is 0 Å². The van der Waals surface area contributed by atoms with Crippen molar-refractivity contribution in [3.8, 4) is 22.9 Å². The third-order valence-electron chi connectivity index (χ3n) is 5.99. The molecule has 1 unspecified atom stereocenters. The first-order valence-corrected chi connectivity index (χ1v) is 11.8. The van der Waals surface area contributed by atoms with Crippen molar-refractivity contribution in [2.24, 2.45) is 0 Å². The molecule has 3 aromatic carbocycles. The van der Waals surface area contributed by atoms with E-state index in [9.17, 15) is 0 Å². The molecule has 4 nitrogen and oxygen atoms in total. The van der Waals surface area contributed by atoms with Crippen LogP contribution in [-0.4, -0.2) is 22.1 Å². The molecule has 5 rings (SSSR count).